The van der Waals surface area contributed by atoms with Gasteiger partial charge in [-0.1, -0.05) is 29.5 Å². The fourth-order valence-corrected chi connectivity index (χ4v) is 2.93. The number of nitrogens with zero attached hydrogens (tertiary/aromatic N) is 2. The minimum atomic E-state index is -0.0347. The Bertz CT molecular complexity index is 580. The number of fused-ring (bicyclic) bond motifs is 1. The van der Waals surface area contributed by atoms with E-state index in [2.05, 4.69) is 33.7 Å². The van der Waals surface area contributed by atoms with Crippen LogP contribution in [0.25, 0.3) is 0 Å². The molecule has 0 fully saturated rings. The van der Waals surface area contributed by atoms with Crippen molar-refractivity contribution in [2.75, 3.05) is 5.32 Å². The van der Waals surface area contributed by atoms with Crippen LogP contribution in [0.5, 0.6) is 0 Å². The van der Waals surface area contributed by atoms with Crippen molar-refractivity contribution in [3.05, 3.63) is 40.4 Å². The van der Waals surface area contributed by atoms with E-state index in [0.717, 1.165) is 12.0 Å². The van der Waals surface area contributed by atoms with Gasteiger partial charge in [0.05, 0.1) is 6.42 Å². The summed E-state index contributed by atoms with van der Waals surface area (Å²) in [7, 11) is 0. The Morgan fingerprint density at radius 1 is 1.26 bits per heavy atom. The highest BCUT2D eigenvalue weighted by atomic mass is 32.1. The number of nitrogens with one attached hydrogen (secondary N) is 1. The summed E-state index contributed by atoms with van der Waals surface area (Å²) >= 11 is 1.33. The van der Waals surface area contributed by atoms with E-state index in [0.29, 0.717) is 11.6 Å². The molecule has 1 aromatic heterocycles. The lowest BCUT2D eigenvalue weighted by Crippen LogP contribution is -2.15. The zero-order valence-corrected chi connectivity index (χ0v) is 11.4. The van der Waals surface area contributed by atoms with Crippen LogP contribution in [0.2, 0.25) is 0 Å². The Morgan fingerprint density at radius 3 is 2.89 bits per heavy atom. The molecule has 0 aliphatic heterocycles. The molecule has 1 aromatic carbocycles. The van der Waals surface area contributed by atoms with Crippen LogP contribution in [0, 0.1) is 0 Å². The van der Waals surface area contributed by atoms with E-state index in [4.69, 9.17) is 0 Å². The predicted molar refractivity (Wildman–Crippen MR) is 75.3 cm³/mol. The average molecular weight is 273 g/mol. The second-order valence-corrected chi connectivity index (χ2v) is 5.61. The van der Waals surface area contributed by atoms with Gasteiger partial charge in [-0.15, -0.1) is 10.2 Å². The van der Waals surface area contributed by atoms with Gasteiger partial charge >= 0.3 is 0 Å². The first-order valence-corrected chi connectivity index (χ1v) is 7.36. The molecule has 98 valence electrons. The third-order valence-electron chi connectivity index (χ3n) is 3.38. The van der Waals surface area contributed by atoms with Gasteiger partial charge in [-0.2, -0.15) is 0 Å². The second kappa shape index (κ2) is 5.48. The fourth-order valence-electron chi connectivity index (χ4n) is 2.47. The summed E-state index contributed by atoms with van der Waals surface area (Å²) in [6.07, 6.45) is 5.25. The van der Waals surface area contributed by atoms with Gasteiger partial charge in [0, 0.05) is 0 Å². The molecule has 1 N–H and O–H groups in total. The molecule has 19 heavy (non-hydrogen) atoms. The van der Waals surface area contributed by atoms with E-state index in [1.165, 1.54) is 41.7 Å². The number of amides is 1. The van der Waals surface area contributed by atoms with Crippen LogP contribution in [-0.2, 0) is 24.1 Å². The minimum absolute atomic E-state index is 0.0347. The van der Waals surface area contributed by atoms with Gasteiger partial charge in [0.15, 0.2) is 0 Å². The molecule has 5 heteroatoms. The topological polar surface area (TPSA) is 54.9 Å². The van der Waals surface area contributed by atoms with E-state index in [1.807, 2.05) is 0 Å². The molecule has 1 amide bonds. The molecule has 0 spiro atoms. The van der Waals surface area contributed by atoms with Crippen molar-refractivity contribution < 1.29 is 4.79 Å². The van der Waals surface area contributed by atoms with Gasteiger partial charge in [-0.3, -0.25) is 4.79 Å². The maximum absolute atomic E-state index is 11.9. The van der Waals surface area contributed by atoms with Crippen LogP contribution >= 0.6 is 11.3 Å². The van der Waals surface area contributed by atoms with E-state index >= 15 is 0 Å². The number of carbonyl (C=O) groups is 1. The van der Waals surface area contributed by atoms with Gasteiger partial charge in [0.2, 0.25) is 11.0 Å². The van der Waals surface area contributed by atoms with E-state index in [9.17, 15) is 4.79 Å². The lowest BCUT2D eigenvalue weighted by Gasteiger charge is -2.16. The molecule has 0 radical (unpaired) electrons. The molecule has 1 heterocycles. The third-order valence-corrected chi connectivity index (χ3v) is 3.99. The summed E-state index contributed by atoms with van der Waals surface area (Å²) in [6.45, 7) is 0. The largest absolute Gasteiger partial charge is 0.300 e. The molecular weight excluding hydrogens is 258 g/mol. The smallest absolute Gasteiger partial charge is 0.230 e. The van der Waals surface area contributed by atoms with Crippen molar-refractivity contribution in [1.82, 2.24) is 10.2 Å². The third kappa shape index (κ3) is 2.98. The summed E-state index contributed by atoms with van der Waals surface area (Å²) in [6, 6.07) is 6.40. The fraction of sp³-hybridized carbons (Fsp3) is 0.357. The van der Waals surface area contributed by atoms with Gasteiger partial charge in [0.1, 0.15) is 5.51 Å². The standard InChI is InChI=1S/C14H15N3OS/c18-13(16-14-17-15-9-19-14)8-10-5-6-11-3-1-2-4-12(11)7-10/h5-7,9H,1-4,8H2,(H,16,17,18). The molecule has 3 rings (SSSR count). The van der Waals surface area contributed by atoms with Crippen molar-refractivity contribution in [2.24, 2.45) is 0 Å². The Kier molecular flexibility index (Phi) is 3.55. The van der Waals surface area contributed by atoms with Crippen LogP contribution in [-0.4, -0.2) is 16.1 Å². The van der Waals surface area contributed by atoms with Crippen LogP contribution in [0.3, 0.4) is 0 Å². The molecule has 0 saturated heterocycles. The van der Waals surface area contributed by atoms with Crippen molar-refractivity contribution >= 4 is 22.4 Å². The Balaban J connectivity index is 1.67. The van der Waals surface area contributed by atoms with Crippen molar-refractivity contribution in [1.29, 1.82) is 0 Å². The van der Waals surface area contributed by atoms with Gasteiger partial charge in [-0.05, 0) is 42.4 Å². The number of benzene rings is 1. The lowest BCUT2D eigenvalue weighted by molar-refractivity contribution is -0.115. The number of hydrogen-bond acceptors (Lipinski definition) is 4. The summed E-state index contributed by atoms with van der Waals surface area (Å²) in [5, 5.41) is 10.8. The van der Waals surface area contributed by atoms with Crippen molar-refractivity contribution in [3.8, 4) is 0 Å². The normalized spacial score (nSPS) is 13.9. The first-order chi connectivity index (χ1) is 9.31. The zero-order valence-electron chi connectivity index (χ0n) is 10.6. The number of aryl methyl sites for hydroxylation is 2. The average Bonchev–Trinajstić information content (AvgIpc) is 2.91. The van der Waals surface area contributed by atoms with Crippen LogP contribution < -0.4 is 5.32 Å². The molecule has 4 nitrogen and oxygen atoms in total. The van der Waals surface area contributed by atoms with E-state index in [-0.39, 0.29) is 5.91 Å². The number of anilines is 1. The van der Waals surface area contributed by atoms with Crippen molar-refractivity contribution in [2.45, 2.75) is 32.1 Å². The molecule has 0 bridgehead atoms. The molecular formula is C14H15N3OS. The first-order valence-electron chi connectivity index (χ1n) is 6.48. The van der Waals surface area contributed by atoms with Crippen LogP contribution in [0.15, 0.2) is 23.7 Å². The number of carbonyl (C=O) groups excluding carboxylic acids is 1. The predicted octanol–water partition coefficient (Wildman–Crippen LogP) is 2.60. The van der Waals surface area contributed by atoms with E-state index in [1.54, 1.807) is 5.51 Å². The number of aromatic nitrogens is 2. The summed E-state index contributed by atoms with van der Waals surface area (Å²) in [5.74, 6) is -0.0347. The summed E-state index contributed by atoms with van der Waals surface area (Å²) in [4.78, 5) is 11.9. The Labute approximate surface area is 115 Å². The van der Waals surface area contributed by atoms with Gasteiger partial charge < -0.3 is 5.32 Å². The Hall–Kier alpha value is -1.75. The highest BCUT2D eigenvalue weighted by Crippen LogP contribution is 2.22. The van der Waals surface area contributed by atoms with Gasteiger partial charge in [0.25, 0.3) is 0 Å². The maximum atomic E-state index is 11.9. The molecule has 2 aromatic rings. The first kappa shape index (κ1) is 12.3. The number of rotatable bonds is 3. The molecule has 1 aliphatic rings. The van der Waals surface area contributed by atoms with Crippen LogP contribution in [0.1, 0.15) is 29.5 Å². The highest BCUT2D eigenvalue weighted by Gasteiger charge is 2.11. The minimum Gasteiger partial charge on any atom is -0.300 e. The zero-order chi connectivity index (χ0) is 13.1. The molecule has 0 atom stereocenters. The monoisotopic (exact) mass is 273 g/mol. The lowest BCUT2D eigenvalue weighted by atomic mass is 9.90. The maximum Gasteiger partial charge on any atom is 0.230 e. The van der Waals surface area contributed by atoms with Gasteiger partial charge in [-0.25, -0.2) is 0 Å². The molecule has 1 aliphatic carbocycles. The SMILES string of the molecule is O=C(Cc1ccc2c(c1)CCCC2)Nc1nncs1. The van der Waals surface area contributed by atoms with Crippen LogP contribution in [0.4, 0.5) is 5.13 Å². The highest BCUT2D eigenvalue weighted by molar-refractivity contribution is 7.13. The van der Waals surface area contributed by atoms with E-state index < -0.39 is 0 Å². The second-order valence-electron chi connectivity index (χ2n) is 4.78. The molecule has 0 unspecified atom stereocenters. The van der Waals surface area contributed by atoms with Crippen molar-refractivity contribution in [3.63, 3.8) is 0 Å². The number of hydrogen-bond donors (Lipinski definition) is 1. The summed E-state index contributed by atoms with van der Waals surface area (Å²) in [5.41, 5.74) is 5.53. The Morgan fingerprint density at radius 2 is 2.11 bits per heavy atom. The summed E-state index contributed by atoms with van der Waals surface area (Å²) < 4.78 is 0. The molecule has 0 saturated carbocycles. The quantitative estimate of drug-likeness (QED) is 0.935.